The summed E-state index contributed by atoms with van der Waals surface area (Å²) in [6.07, 6.45) is 0. The van der Waals surface area contributed by atoms with Gasteiger partial charge in [0.05, 0.1) is 4.83 Å². The SMILES string of the molecule is Cc1ccc(C(Br)c2ccc(Cl)cc2F)c(C)c1. The lowest BCUT2D eigenvalue weighted by Crippen LogP contribution is -1.99. The number of hydrogen-bond donors (Lipinski definition) is 0. The summed E-state index contributed by atoms with van der Waals surface area (Å²) in [6, 6.07) is 10.9. The molecule has 3 heteroatoms. The molecule has 0 spiro atoms. The first-order valence-electron chi connectivity index (χ1n) is 5.65. The Morgan fingerprint density at radius 2 is 1.72 bits per heavy atom. The normalized spacial score (nSPS) is 12.5. The molecule has 0 aromatic heterocycles. The molecule has 1 unspecified atom stereocenters. The highest BCUT2D eigenvalue weighted by Gasteiger charge is 2.16. The van der Waals surface area contributed by atoms with Gasteiger partial charge in [-0.15, -0.1) is 0 Å². The Morgan fingerprint density at radius 1 is 1.06 bits per heavy atom. The summed E-state index contributed by atoms with van der Waals surface area (Å²) < 4.78 is 13.9. The van der Waals surface area contributed by atoms with Gasteiger partial charge in [0.15, 0.2) is 0 Å². The molecule has 0 radical (unpaired) electrons. The summed E-state index contributed by atoms with van der Waals surface area (Å²) in [5.74, 6) is -0.288. The summed E-state index contributed by atoms with van der Waals surface area (Å²) in [5, 5.41) is 0.413. The van der Waals surface area contributed by atoms with Crippen LogP contribution in [0.2, 0.25) is 5.02 Å². The Kier molecular flexibility index (Phi) is 4.08. The summed E-state index contributed by atoms with van der Waals surface area (Å²) in [4.78, 5) is -0.157. The van der Waals surface area contributed by atoms with Gasteiger partial charge in [-0.25, -0.2) is 4.39 Å². The number of alkyl halides is 1. The van der Waals surface area contributed by atoms with Crippen LogP contribution in [-0.2, 0) is 0 Å². The lowest BCUT2D eigenvalue weighted by molar-refractivity contribution is 0.613. The minimum Gasteiger partial charge on any atom is -0.207 e. The van der Waals surface area contributed by atoms with Gasteiger partial charge in [0.1, 0.15) is 5.82 Å². The molecule has 18 heavy (non-hydrogen) atoms. The van der Waals surface area contributed by atoms with Gasteiger partial charge in [0.2, 0.25) is 0 Å². The molecule has 0 aliphatic heterocycles. The molecule has 0 fully saturated rings. The van der Waals surface area contributed by atoms with Crippen molar-refractivity contribution in [3.8, 4) is 0 Å². The quantitative estimate of drug-likeness (QED) is 0.632. The van der Waals surface area contributed by atoms with E-state index in [4.69, 9.17) is 11.6 Å². The number of hydrogen-bond acceptors (Lipinski definition) is 0. The second-order valence-electron chi connectivity index (χ2n) is 4.39. The van der Waals surface area contributed by atoms with Crippen molar-refractivity contribution < 1.29 is 4.39 Å². The smallest absolute Gasteiger partial charge is 0.129 e. The Hall–Kier alpha value is -0.860. The first-order chi connectivity index (χ1) is 8.49. The fraction of sp³-hybridized carbons (Fsp3) is 0.200. The molecule has 0 nitrogen and oxygen atoms in total. The molecule has 0 aliphatic rings. The van der Waals surface area contributed by atoms with E-state index in [1.165, 1.54) is 11.6 Å². The van der Waals surface area contributed by atoms with Crippen molar-refractivity contribution in [2.45, 2.75) is 18.7 Å². The molecule has 0 amide bonds. The molecule has 0 aliphatic carbocycles. The van der Waals surface area contributed by atoms with Crippen LogP contribution in [0.25, 0.3) is 0 Å². The van der Waals surface area contributed by atoms with Gasteiger partial charge in [0.25, 0.3) is 0 Å². The first-order valence-corrected chi connectivity index (χ1v) is 6.94. The molecule has 0 saturated carbocycles. The van der Waals surface area contributed by atoms with Gasteiger partial charge in [-0.3, -0.25) is 0 Å². The van der Waals surface area contributed by atoms with E-state index in [1.807, 2.05) is 26.0 Å². The minimum atomic E-state index is -0.288. The fourth-order valence-electron chi connectivity index (χ4n) is 1.98. The van der Waals surface area contributed by atoms with Crippen molar-refractivity contribution >= 4 is 27.5 Å². The topological polar surface area (TPSA) is 0 Å². The molecule has 1 atom stereocenters. The van der Waals surface area contributed by atoms with Crippen LogP contribution in [0.4, 0.5) is 4.39 Å². The van der Waals surface area contributed by atoms with E-state index in [2.05, 4.69) is 22.0 Å². The number of halogens is 3. The zero-order valence-corrected chi connectivity index (χ0v) is 12.5. The lowest BCUT2D eigenvalue weighted by Gasteiger charge is -2.15. The molecule has 0 bridgehead atoms. The van der Waals surface area contributed by atoms with Gasteiger partial charge in [-0.05, 0) is 37.1 Å². The molecule has 0 heterocycles. The van der Waals surface area contributed by atoms with Crippen LogP contribution in [0.15, 0.2) is 36.4 Å². The van der Waals surface area contributed by atoms with Crippen LogP contribution in [0.1, 0.15) is 27.1 Å². The van der Waals surface area contributed by atoms with Crippen molar-refractivity contribution in [3.05, 3.63) is 69.5 Å². The second-order valence-corrected chi connectivity index (χ2v) is 5.74. The van der Waals surface area contributed by atoms with Crippen LogP contribution in [0, 0.1) is 19.7 Å². The maximum Gasteiger partial charge on any atom is 0.129 e. The summed E-state index contributed by atoms with van der Waals surface area (Å²) >= 11 is 9.33. The average Bonchev–Trinajstić information content (AvgIpc) is 2.28. The molecule has 0 saturated heterocycles. The number of rotatable bonds is 2. The van der Waals surface area contributed by atoms with Crippen LogP contribution in [0.5, 0.6) is 0 Å². The molecule has 0 N–H and O–H groups in total. The molecule has 2 aromatic carbocycles. The van der Waals surface area contributed by atoms with Crippen LogP contribution in [-0.4, -0.2) is 0 Å². The molecule has 2 aromatic rings. The fourth-order valence-corrected chi connectivity index (χ4v) is 3.03. The Bertz CT molecular complexity index is 529. The standard InChI is InChI=1S/C15H13BrClF/c1-9-3-5-12(10(2)7-9)15(16)13-6-4-11(17)8-14(13)18/h3-8,15H,1-2H3. The molecule has 2 rings (SSSR count). The Balaban J connectivity index is 2.44. The van der Waals surface area contributed by atoms with E-state index in [0.29, 0.717) is 10.6 Å². The van der Waals surface area contributed by atoms with Crippen LogP contribution < -0.4 is 0 Å². The summed E-state index contributed by atoms with van der Waals surface area (Å²) in [5.41, 5.74) is 4.02. The highest BCUT2D eigenvalue weighted by Crippen LogP contribution is 2.35. The number of aryl methyl sites for hydroxylation is 2. The Morgan fingerprint density at radius 3 is 2.33 bits per heavy atom. The summed E-state index contributed by atoms with van der Waals surface area (Å²) in [7, 11) is 0. The third-order valence-electron chi connectivity index (χ3n) is 2.93. The van der Waals surface area contributed by atoms with E-state index in [-0.39, 0.29) is 10.6 Å². The zero-order valence-electron chi connectivity index (χ0n) is 10.2. The van der Waals surface area contributed by atoms with Gasteiger partial charge in [-0.2, -0.15) is 0 Å². The third kappa shape index (κ3) is 2.76. The third-order valence-corrected chi connectivity index (χ3v) is 4.16. The van der Waals surface area contributed by atoms with Crippen molar-refractivity contribution in [3.63, 3.8) is 0 Å². The van der Waals surface area contributed by atoms with Crippen molar-refractivity contribution in [1.29, 1.82) is 0 Å². The minimum absolute atomic E-state index is 0.157. The van der Waals surface area contributed by atoms with E-state index < -0.39 is 0 Å². The second kappa shape index (κ2) is 5.41. The predicted octanol–water partition coefficient (Wildman–Crippen LogP) is 5.58. The Labute approximate surface area is 120 Å². The molecule has 94 valence electrons. The maximum atomic E-state index is 13.9. The van der Waals surface area contributed by atoms with E-state index in [9.17, 15) is 4.39 Å². The average molecular weight is 328 g/mol. The largest absolute Gasteiger partial charge is 0.207 e. The highest BCUT2D eigenvalue weighted by molar-refractivity contribution is 9.09. The van der Waals surface area contributed by atoms with Crippen molar-refractivity contribution in [1.82, 2.24) is 0 Å². The van der Waals surface area contributed by atoms with Crippen LogP contribution in [0.3, 0.4) is 0 Å². The molecular formula is C15H13BrClF. The molecular weight excluding hydrogens is 315 g/mol. The van der Waals surface area contributed by atoms with E-state index in [0.717, 1.165) is 11.1 Å². The lowest BCUT2D eigenvalue weighted by atomic mass is 9.98. The highest BCUT2D eigenvalue weighted by atomic mass is 79.9. The van der Waals surface area contributed by atoms with Gasteiger partial charge in [0, 0.05) is 10.6 Å². The monoisotopic (exact) mass is 326 g/mol. The first kappa shape index (κ1) is 13.6. The van der Waals surface area contributed by atoms with Gasteiger partial charge < -0.3 is 0 Å². The van der Waals surface area contributed by atoms with Crippen molar-refractivity contribution in [2.24, 2.45) is 0 Å². The van der Waals surface area contributed by atoms with Crippen molar-refractivity contribution in [2.75, 3.05) is 0 Å². The van der Waals surface area contributed by atoms with Crippen LogP contribution >= 0.6 is 27.5 Å². The van der Waals surface area contributed by atoms with Gasteiger partial charge >= 0.3 is 0 Å². The maximum absolute atomic E-state index is 13.9. The zero-order chi connectivity index (χ0) is 13.3. The van der Waals surface area contributed by atoms with E-state index in [1.54, 1.807) is 12.1 Å². The van der Waals surface area contributed by atoms with E-state index >= 15 is 0 Å². The summed E-state index contributed by atoms with van der Waals surface area (Å²) in [6.45, 7) is 4.08. The predicted molar refractivity (Wildman–Crippen MR) is 78.1 cm³/mol. The number of benzene rings is 2. The van der Waals surface area contributed by atoms with Gasteiger partial charge in [-0.1, -0.05) is 57.4 Å².